The zero-order valence-corrected chi connectivity index (χ0v) is 19.8. The lowest BCUT2D eigenvalue weighted by Gasteiger charge is -2.25. The molecule has 32 heavy (non-hydrogen) atoms. The maximum Gasteiger partial charge on any atom is 0.326 e. The Morgan fingerprint density at radius 1 is 1.03 bits per heavy atom. The van der Waals surface area contributed by atoms with Gasteiger partial charge in [-0.05, 0) is 36.0 Å². The van der Waals surface area contributed by atoms with Crippen LogP contribution in [0.25, 0.3) is 0 Å². The number of hydrogen-bond acceptors (Lipinski definition) is 5. The van der Waals surface area contributed by atoms with E-state index in [9.17, 15) is 24.2 Å². The summed E-state index contributed by atoms with van der Waals surface area (Å²) in [5.41, 5.74) is 7.57. The zero-order valence-electron chi connectivity index (χ0n) is 18.1. The fourth-order valence-corrected chi connectivity index (χ4v) is 5.76. The molecule has 0 fully saturated rings. The number of carbonyl (C=O) groups is 2. The molecule has 0 aliphatic rings. The van der Waals surface area contributed by atoms with Crippen LogP contribution in [0.5, 0.6) is 0 Å². The van der Waals surface area contributed by atoms with Crippen LogP contribution in [-0.4, -0.2) is 51.9 Å². The topological polar surface area (TPSA) is 130 Å². The standard InChI is InChI=1S/C23H31N2O5PS/c1-32-13-12-21(24)31(29,30)16-19(14-17-8-4-2-5-9-17)22(26)25-20(23(27)28)15-18-10-6-3-7-11-18/h2-11,19-21H,12-16,24H2,1H3,(H,25,26)(H,27,28)(H,29,30)/t19-,20+,21?/m1/s1. The molecule has 2 aromatic carbocycles. The number of carboxylic acid groups (broad SMARTS) is 1. The van der Waals surface area contributed by atoms with E-state index in [2.05, 4.69) is 5.32 Å². The van der Waals surface area contributed by atoms with Crippen molar-refractivity contribution >= 4 is 31.0 Å². The molecule has 0 saturated heterocycles. The number of nitrogens with one attached hydrogen (secondary N) is 1. The molecule has 0 spiro atoms. The van der Waals surface area contributed by atoms with Crippen LogP contribution >= 0.6 is 19.1 Å². The molecule has 5 N–H and O–H groups in total. The van der Waals surface area contributed by atoms with Crippen molar-refractivity contribution in [3.05, 3.63) is 71.8 Å². The maximum absolute atomic E-state index is 13.1. The fraction of sp³-hybridized carbons (Fsp3) is 0.391. The van der Waals surface area contributed by atoms with Gasteiger partial charge in [-0.25, -0.2) is 4.79 Å². The second-order valence-corrected chi connectivity index (χ2v) is 11.3. The lowest BCUT2D eigenvalue weighted by molar-refractivity contribution is -0.142. The summed E-state index contributed by atoms with van der Waals surface area (Å²) in [5.74, 6) is -2.90. The highest BCUT2D eigenvalue weighted by molar-refractivity contribution is 7.98. The fourth-order valence-electron chi connectivity index (χ4n) is 3.37. The van der Waals surface area contributed by atoms with Crippen LogP contribution in [0.4, 0.5) is 0 Å². The Morgan fingerprint density at radius 2 is 1.56 bits per heavy atom. The summed E-state index contributed by atoms with van der Waals surface area (Å²) in [5, 5.41) is 12.2. The number of nitrogens with two attached hydrogens (primary N) is 1. The third kappa shape index (κ3) is 8.43. The van der Waals surface area contributed by atoms with E-state index in [4.69, 9.17) is 5.73 Å². The van der Waals surface area contributed by atoms with Crippen LogP contribution in [0.2, 0.25) is 0 Å². The molecule has 2 unspecified atom stereocenters. The van der Waals surface area contributed by atoms with Gasteiger partial charge in [0.05, 0.1) is 11.7 Å². The Morgan fingerprint density at radius 3 is 2.06 bits per heavy atom. The summed E-state index contributed by atoms with van der Waals surface area (Å²) >= 11 is 1.53. The van der Waals surface area contributed by atoms with E-state index in [0.717, 1.165) is 11.1 Å². The maximum atomic E-state index is 13.1. The molecule has 1 amide bonds. The van der Waals surface area contributed by atoms with Crippen LogP contribution in [-0.2, 0) is 27.0 Å². The van der Waals surface area contributed by atoms with E-state index in [-0.39, 0.29) is 19.0 Å². The number of thioether (sulfide) groups is 1. The molecule has 2 aromatic rings. The van der Waals surface area contributed by atoms with Gasteiger partial charge in [0.15, 0.2) is 0 Å². The lowest BCUT2D eigenvalue weighted by Crippen LogP contribution is -2.46. The van der Waals surface area contributed by atoms with E-state index in [0.29, 0.717) is 12.2 Å². The Labute approximate surface area is 193 Å². The van der Waals surface area contributed by atoms with Gasteiger partial charge in [-0.15, -0.1) is 0 Å². The summed E-state index contributed by atoms with van der Waals surface area (Å²) in [4.78, 5) is 35.5. The molecule has 0 bridgehead atoms. The first-order valence-electron chi connectivity index (χ1n) is 10.4. The molecule has 0 saturated carbocycles. The molecule has 2 rings (SSSR count). The van der Waals surface area contributed by atoms with Crippen LogP contribution in [0.1, 0.15) is 17.5 Å². The average Bonchev–Trinajstić information content (AvgIpc) is 2.77. The monoisotopic (exact) mass is 478 g/mol. The Bertz CT molecular complexity index is 913. The van der Waals surface area contributed by atoms with E-state index >= 15 is 0 Å². The predicted octanol–water partition coefficient (Wildman–Crippen LogP) is 2.97. The zero-order chi connectivity index (χ0) is 23.6. The van der Waals surface area contributed by atoms with Crippen molar-refractivity contribution in [3.8, 4) is 0 Å². The smallest absolute Gasteiger partial charge is 0.326 e. The predicted molar refractivity (Wildman–Crippen MR) is 129 cm³/mol. The van der Waals surface area contributed by atoms with Crippen molar-refractivity contribution in [2.24, 2.45) is 11.7 Å². The largest absolute Gasteiger partial charge is 0.480 e. The number of hydrogen-bond donors (Lipinski definition) is 4. The van der Waals surface area contributed by atoms with Crippen molar-refractivity contribution < 1.29 is 24.2 Å². The Balaban J connectivity index is 2.20. The van der Waals surface area contributed by atoms with Gasteiger partial charge >= 0.3 is 5.97 Å². The van der Waals surface area contributed by atoms with Gasteiger partial charge in [0.25, 0.3) is 0 Å². The molecule has 4 atom stereocenters. The molecule has 7 nitrogen and oxygen atoms in total. The van der Waals surface area contributed by atoms with E-state index in [1.54, 1.807) is 24.3 Å². The molecule has 0 aliphatic heterocycles. The summed E-state index contributed by atoms with van der Waals surface area (Å²) in [6, 6.07) is 17.0. The van der Waals surface area contributed by atoms with Crippen LogP contribution in [0.3, 0.4) is 0 Å². The van der Waals surface area contributed by atoms with Crippen molar-refractivity contribution in [1.82, 2.24) is 5.32 Å². The van der Waals surface area contributed by atoms with Crippen LogP contribution in [0.15, 0.2) is 60.7 Å². The molecule has 174 valence electrons. The molecule has 0 heterocycles. The number of aliphatic carboxylic acids is 1. The number of amides is 1. The number of carbonyl (C=O) groups excluding carboxylic acids is 1. The van der Waals surface area contributed by atoms with E-state index in [1.165, 1.54) is 11.8 Å². The minimum atomic E-state index is -3.84. The van der Waals surface area contributed by atoms with Crippen molar-refractivity contribution in [1.29, 1.82) is 0 Å². The molecule has 0 radical (unpaired) electrons. The first-order valence-corrected chi connectivity index (χ1v) is 13.7. The van der Waals surface area contributed by atoms with Crippen molar-refractivity contribution in [2.45, 2.75) is 31.1 Å². The highest BCUT2D eigenvalue weighted by Crippen LogP contribution is 2.47. The second-order valence-electron chi connectivity index (χ2n) is 7.76. The molecular weight excluding hydrogens is 447 g/mol. The van der Waals surface area contributed by atoms with E-state index in [1.807, 2.05) is 42.7 Å². The van der Waals surface area contributed by atoms with Crippen LogP contribution in [0, 0.1) is 5.92 Å². The van der Waals surface area contributed by atoms with Gasteiger partial charge in [-0.3, -0.25) is 9.36 Å². The first-order chi connectivity index (χ1) is 15.2. The van der Waals surface area contributed by atoms with Gasteiger partial charge < -0.3 is 21.1 Å². The van der Waals surface area contributed by atoms with Gasteiger partial charge in [-0.1, -0.05) is 60.7 Å². The lowest BCUT2D eigenvalue weighted by atomic mass is 9.99. The van der Waals surface area contributed by atoms with Gasteiger partial charge in [0.1, 0.15) is 6.04 Å². The highest BCUT2D eigenvalue weighted by Gasteiger charge is 2.35. The minimum absolute atomic E-state index is 0.115. The van der Waals surface area contributed by atoms with Gasteiger partial charge in [-0.2, -0.15) is 11.8 Å². The number of rotatable bonds is 13. The first kappa shape index (κ1) is 26.1. The van der Waals surface area contributed by atoms with Gasteiger partial charge in [0.2, 0.25) is 13.3 Å². The summed E-state index contributed by atoms with van der Waals surface area (Å²) in [7, 11) is -3.84. The Hall–Kier alpha value is -2.12. The van der Waals surface area contributed by atoms with E-state index < -0.39 is 37.0 Å². The molecule has 0 aromatic heterocycles. The van der Waals surface area contributed by atoms with Gasteiger partial charge in [0, 0.05) is 12.6 Å². The van der Waals surface area contributed by atoms with Crippen LogP contribution < -0.4 is 11.1 Å². The number of carboxylic acids is 1. The summed E-state index contributed by atoms with van der Waals surface area (Å²) in [6.45, 7) is 0. The molecule has 0 aliphatic carbocycles. The highest BCUT2D eigenvalue weighted by atomic mass is 32.2. The number of benzene rings is 2. The Kier molecular flexibility index (Phi) is 10.5. The SMILES string of the molecule is CSCCC(N)P(=O)(O)C[C@@H](Cc1ccccc1)C(=O)N[C@@H](Cc1ccccc1)C(=O)O. The summed E-state index contributed by atoms with van der Waals surface area (Å²) in [6.07, 6.45) is 2.27. The second kappa shape index (κ2) is 12.8. The molecule has 9 heteroatoms. The van der Waals surface area contributed by atoms with Crippen molar-refractivity contribution in [2.75, 3.05) is 18.2 Å². The minimum Gasteiger partial charge on any atom is -0.480 e. The normalized spacial score (nSPS) is 15.8. The average molecular weight is 479 g/mol. The molecular formula is C23H31N2O5PS. The quantitative estimate of drug-likeness (QED) is 0.326. The van der Waals surface area contributed by atoms with Crippen molar-refractivity contribution in [3.63, 3.8) is 0 Å². The third-order valence-corrected chi connectivity index (χ3v) is 8.11. The third-order valence-electron chi connectivity index (χ3n) is 5.21. The summed E-state index contributed by atoms with van der Waals surface area (Å²) < 4.78 is 13.0.